The highest BCUT2D eigenvalue weighted by Gasteiger charge is 2.22. The summed E-state index contributed by atoms with van der Waals surface area (Å²) >= 11 is 0. The molecule has 0 spiro atoms. The molecule has 0 unspecified atom stereocenters. The van der Waals surface area contributed by atoms with E-state index in [2.05, 4.69) is 10.5 Å². The monoisotopic (exact) mass is 342 g/mol. The van der Waals surface area contributed by atoms with Gasteiger partial charge in [0.25, 0.3) is 0 Å². The van der Waals surface area contributed by atoms with Crippen LogP contribution in [0.3, 0.4) is 0 Å². The second-order valence-electron chi connectivity index (χ2n) is 6.32. The first-order valence-electron chi connectivity index (χ1n) is 8.44. The molecule has 1 aliphatic rings. The van der Waals surface area contributed by atoms with E-state index in [1.165, 1.54) is 0 Å². The van der Waals surface area contributed by atoms with Crippen LogP contribution in [-0.2, 0) is 11.2 Å². The lowest BCUT2D eigenvalue weighted by atomic mass is 9.98. The van der Waals surface area contributed by atoms with Crippen molar-refractivity contribution in [3.8, 4) is 11.3 Å². The molecule has 1 saturated heterocycles. The number of nitrogens with two attached hydrogens (primary N) is 1. The molecule has 3 N–H and O–H groups in total. The zero-order valence-corrected chi connectivity index (χ0v) is 14.0. The van der Waals surface area contributed by atoms with Crippen molar-refractivity contribution >= 4 is 11.9 Å². The molecule has 7 heteroatoms. The zero-order chi connectivity index (χ0) is 17.6. The molecule has 25 heavy (non-hydrogen) atoms. The van der Waals surface area contributed by atoms with Crippen molar-refractivity contribution in [3.63, 3.8) is 0 Å². The third-order valence-electron chi connectivity index (χ3n) is 4.38. The van der Waals surface area contributed by atoms with Crippen molar-refractivity contribution in [1.29, 1.82) is 0 Å². The van der Waals surface area contributed by atoms with Gasteiger partial charge in [-0.15, -0.1) is 0 Å². The molecule has 0 radical (unpaired) electrons. The summed E-state index contributed by atoms with van der Waals surface area (Å²) in [5.41, 5.74) is 6.84. The Morgan fingerprint density at radius 1 is 1.32 bits per heavy atom. The van der Waals surface area contributed by atoms with Gasteiger partial charge in [0.15, 0.2) is 5.76 Å². The second-order valence-corrected chi connectivity index (χ2v) is 6.32. The Morgan fingerprint density at radius 3 is 2.88 bits per heavy atom. The van der Waals surface area contributed by atoms with Crippen LogP contribution in [0.2, 0.25) is 0 Å². The van der Waals surface area contributed by atoms with Gasteiger partial charge in [0.2, 0.25) is 5.91 Å². The van der Waals surface area contributed by atoms with Crippen LogP contribution >= 0.6 is 0 Å². The molecule has 3 rings (SSSR count). The number of hydrogen-bond donors (Lipinski definition) is 2. The summed E-state index contributed by atoms with van der Waals surface area (Å²) in [4.78, 5) is 25.0. The number of aromatic nitrogens is 1. The molecule has 2 heterocycles. The number of primary amides is 1. The Hall–Kier alpha value is -2.83. The third-order valence-corrected chi connectivity index (χ3v) is 4.38. The highest BCUT2D eigenvalue weighted by Crippen LogP contribution is 2.20. The van der Waals surface area contributed by atoms with Gasteiger partial charge in [-0.05, 0) is 18.8 Å². The van der Waals surface area contributed by atoms with Gasteiger partial charge in [-0.25, -0.2) is 4.79 Å². The molecule has 3 amide bonds. The first-order chi connectivity index (χ1) is 12.1. The fourth-order valence-corrected chi connectivity index (χ4v) is 3.05. The van der Waals surface area contributed by atoms with Gasteiger partial charge in [0.1, 0.15) is 0 Å². The van der Waals surface area contributed by atoms with Gasteiger partial charge >= 0.3 is 6.03 Å². The maximum absolute atomic E-state index is 12.1. The van der Waals surface area contributed by atoms with Crippen LogP contribution in [0.5, 0.6) is 0 Å². The Balaban J connectivity index is 1.48. The van der Waals surface area contributed by atoms with E-state index in [4.69, 9.17) is 10.3 Å². The number of nitrogens with zero attached hydrogens (tertiary/aromatic N) is 2. The summed E-state index contributed by atoms with van der Waals surface area (Å²) in [7, 11) is 0. The van der Waals surface area contributed by atoms with Crippen molar-refractivity contribution in [2.24, 2.45) is 11.7 Å². The molecule has 7 nitrogen and oxygen atoms in total. The van der Waals surface area contributed by atoms with E-state index < -0.39 is 6.03 Å². The fourth-order valence-electron chi connectivity index (χ4n) is 3.05. The summed E-state index contributed by atoms with van der Waals surface area (Å²) in [6.07, 6.45) is 2.06. The van der Waals surface area contributed by atoms with Gasteiger partial charge in [0.05, 0.1) is 12.1 Å². The highest BCUT2D eigenvalue weighted by atomic mass is 16.5. The van der Waals surface area contributed by atoms with E-state index in [1.54, 1.807) is 11.0 Å². The minimum Gasteiger partial charge on any atom is -0.356 e. The number of hydrogen-bond acceptors (Lipinski definition) is 4. The van der Waals surface area contributed by atoms with E-state index in [1.807, 2.05) is 30.3 Å². The lowest BCUT2D eigenvalue weighted by Gasteiger charge is -2.31. The summed E-state index contributed by atoms with van der Waals surface area (Å²) in [6.45, 7) is 1.82. The van der Waals surface area contributed by atoms with Crippen LogP contribution in [0.25, 0.3) is 11.3 Å². The number of benzene rings is 1. The van der Waals surface area contributed by atoms with Crippen LogP contribution in [-0.4, -0.2) is 41.6 Å². The lowest BCUT2D eigenvalue weighted by molar-refractivity contribution is -0.120. The molecule has 2 aromatic rings. The standard InChI is InChI=1S/C18H22N4O3/c19-18(24)22-8-4-5-13(12-22)11-20-17(23)10-15-9-16(25-21-15)14-6-2-1-3-7-14/h1-3,6-7,9,13H,4-5,8,10-12H2,(H2,19,24)(H,20,23)/t13-/m1/s1. The van der Waals surface area contributed by atoms with Gasteiger partial charge in [-0.3, -0.25) is 4.79 Å². The van der Waals surface area contributed by atoms with E-state index in [9.17, 15) is 9.59 Å². The molecule has 0 bridgehead atoms. The molecule has 0 aliphatic carbocycles. The quantitative estimate of drug-likeness (QED) is 0.865. The molecule has 0 saturated carbocycles. The van der Waals surface area contributed by atoms with E-state index >= 15 is 0 Å². The molecule has 1 aromatic carbocycles. The summed E-state index contributed by atoms with van der Waals surface area (Å²) in [5.74, 6) is 0.777. The number of urea groups is 1. The third kappa shape index (κ3) is 4.59. The fraction of sp³-hybridized carbons (Fsp3) is 0.389. The first kappa shape index (κ1) is 17.0. The number of carbonyl (C=O) groups excluding carboxylic acids is 2. The number of nitrogens with one attached hydrogen (secondary N) is 1. The molecule has 132 valence electrons. The number of carbonyl (C=O) groups is 2. The van der Waals surface area contributed by atoms with E-state index in [0.717, 1.165) is 18.4 Å². The summed E-state index contributed by atoms with van der Waals surface area (Å²) in [5, 5.41) is 6.87. The molecule has 1 aromatic heterocycles. The Morgan fingerprint density at radius 2 is 2.12 bits per heavy atom. The smallest absolute Gasteiger partial charge is 0.314 e. The van der Waals surface area contributed by atoms with Crippen molar-refractivity contribution in [1.82, 2.24) is 15.4 Å². The molecular formula is C18H22N4O3. The minimum absolute atomic E-state index is 0.107. The Kier molecular flexibility index (Phi) is 5.33. The van der Waals surface area contributed by atoms with Crippen molar-refractivity contribution in [3.05, 3.63) is 42.1 Å². The predicted molar refractivity (Wildman–Crippen MR) is 92.5 cm³/mol. The molecule has 1 fully saturated rings. The Bertz CT molecular complexity index is 729. The molecular weight excluding hydrogens is 320 g/mol. The van der Waals surface area contributed by atoms with Crippen LogP contribution in [0, 0.1) is 5.92 Å². The van der Waals surface area contributed by atoms with Gasteiger partial charge in [-0.2, -0.15) is 0 Å². The lowest BCUT2D eigenvalue weighted by Crippen LogP contribution is -2.46. The Labute approximate surface area is 146 Å². The van der Waals surface area contributed by atoms with E-state index in [-0.39, 0.29) is 18.2 Å². The number of likely N-dealkylation sites (tertiary alicyclic amines) is 1. The topological polar surface area (TPSA) is 101 Å². The summed E-state index contributed by atoms with van der Waals surface area (Å²) < 4.78 is 5.30. The molecule has 1 aliphatic heterocycles. The van der Waals surface area contributed by atoms with Crippen molar-refractivity contribution in [2.45, 2.75) is 19.3 Å². The van der Waals surface area contributed by atoms with Crippen LogP contribution < -0.4 is 11.1 Å². The van der Waals surface area contributed by atoms with Gasteiger partial charge < -0.3 is 20.5 Å². The maximum atomic E-state index is 12.1. The first-order valence-corrected chi connectivity index (χ1v) is 8.44. The minimum atomic E-state index is -0.396. The SMILES string of the molecule is NC(=O)N1CCC[C@H](CNC(=O)Cc2cc(-c3ccccc3)on2)C1. The van der Waals surface area contributed by atoms with E-state index in [0.29, 0.717) is 31.1 Å². The average molecular weight is 342 g/mol. The van der Waals surface area contributed by atoms with Crippen LogP contribution in [0.1, 0.15) is 18.5 Å². The zero-order valence-electron chi connectivity index (χ0n) is 14.0. The van der Waals surface area contributed by atoms with Crippen molar-refractivity contribution < 1.29 is 14.1 Å². The van der Waals surface area contributed by atoms with Crippen molar-refractivity contribution in [2.75, 3.05) is 19.6 Å². The molecule has 1 atom stereocenters. The van der Waals surface area contributed by atoms with Gasteiger partial charge in [-0.1, -0.05) is 35.5 Å². The number of amides is 3. The summed E-state index contributed by atoms with van der Waals surface area (Å²) in [6, 6.07) is 11.0. The highest BCUT2D eigenvalue weighted by molar-refractivity contribution is 5.78. The largest absolute Gasteiger partial charge is 0.356 e. The predicted octanol–water partition coefficient (Wildman–Crippen LogP) is 1.79. The van der Waals surface area contributed by atoms with Crippen LogP contribution in [0.15, 0.2) is 40.9 Å². The average Bonchev–Trinajstić information content (AvgIpc) is 3.09. The van der Waals surface area contributed by atoms with Gasteiger partial charge in [0, 0.05) is 31.3 Å². The maximum Gasteiger partial charge on any atom is 0.314 e. The number of piperidine rings is 1. The van der Waals surface area contributed by atoms with Crippen LogP contribution in [0.4, 0.5) is 4.79 Å². The number of rotatable bonds is 5. The second kappa shape index (κ2) is 7.83. The normalized spacial score (nSPS) is 17.3.